The molecule has 9 heteroatoms. The molecule has 0 bridgehead atoms. The fourth-order valence-corrected chi connectivity index (χ4v) is 4.29. The Hall–Kier alpha value is -1.75. The average molecular weight is 545 g/mol. The van der Waals surface area contributed by atoms with Gasteiger partial charge in [0.1, 0.15) is 16.5 Å². The molecular formula is C21H32IN5O2S. The summed E-state index contributed by atoms with van der Waals surface area (Å²) in [4.78, 5) is 12.6. The Morgan fingerprint density at radius 1 is 1.17 bits per heavy atom. The van der Waals surface area contributed by atoms with E-state index in [0.29, 0.717) is 12.6 Å². The van der Waals surface area contributed by atoms with Gasteiger partial charge in [0.2, 0.25) is 0 Å². The number of nitrogens with one attached hydrogen (secondary N) is 2. The van der Waals surface area contributed by atoms with Gasteiger partial charge in [0, 0.05) is 54.9 Å². The lowest BCUT2D eigenvalue weighted by atomic mass is 10.0. The van der Waals surface area contributed by atoms with Crippen molar-refractivity contribution >= 4 is 47.0 Å². The average Bonchev–Trinajstić information content (AvgIpc) is 3.08. The second-order valence-corrected chi connectivity index (χ2v) is 8.44. The number of halogens is 1. The predicted octanol–water partition coefficient (Wildman–Crippen LogP) is 3.73. The molecule has 0 spiro atoms. The van der Waals surface area contributed by atoms with E-state index in [2.05, 4.69) is 44.6 Å². The third-order valence-corrected chi connectivity index (χ3v) is 6.31. The summed E-state index contributed by atoms with van der Waals surface area (Å²) in [5.41, 5.74) is 2.24. The van der Waals surface area contributed by atoms with Gasteiger partial charge in [0.05, 0.1) is 26.5 Å². The van der Waals surface area contributed by atoms with Crippen LogP contribution in [0.3, 0.4) is 0 Å². The fraction of sp³-hybridized carbons (Fsp3) is 0.524. The molecule has 1 fully saturated rings. The number of benzene rings is 1. The third kappa shape index (κ3) is 6.37. The molecule has 0 amide bonds. The van der Waals surface area contributed by atoms with Gasteiger partial charge in [-0.15, -0.1) is 35.3 Å². The summed E-state index contributed by atoms with van der Waals surface area (Å²) in [7, 11) is 5.18. The lowest BCUT2D eigenvalue weighted by Crippen LogP contribution is -2.48. The summed E-state index contributed by atoms with van der Waals surface area (Å²) in [6, 6.07) is 6.42. The largest absolute Gasteiger partial charge is 0.497 e. The monoisotopic (exact) mass is 545 g/mol. The Kier molecular flexibility index (Phi) is 9.47. The molecule has 1 aliphatic rings. The van der Waals surface area contributed by atoms with Crippen LogP contribution in [-0.4, -0.2) is 51.3 Å². The quantitative estimate of drug-likeness (QED) is 0.328. The zero-order valence-corrected chi connectivity index (χ0v) is 21.5. The van der Waals surface area contributed by atoms with E-state index in [1.54, 1.807) is 25.6 Å². The van der Waals surface area contributed by atoms with Gasteiger partial charge in [-0.1, -0.05) is 0 Å². The molecule has 0 unspecified atom stereocenters. The number of thiazole rings is 1. The van der Waals surface area contributed by atoms with E-state index < -0.39 is 0 Å². The Morgan fingerprint density at radius 2 is 1.80 bits per heavy atom. The van der Waals surface area contributed by atoms with E-state index in [4.69, 9.17) is 9.47 Å². The van der Waals surface area contributed by atoms with Crippen molar-refractivity contribution in [2.75, 3.05) is 39.3 Å². The van der Waals surface area contributed by atoms with E-state index in [1.165, 1.54) is 4.88 Å². The highest BCUT2D eigenvalue weighted by molar-refractivity contribution is 14.0. The number of aryl methyl sites for hydroxylation is 2. The van der Waals surface area contributed by atoms with E-state index >= 15 is 0 Å². The minimum atomic E-state index is 0. The van der Waals surface area contributed by atoms with Crippen molar-refractivity contribution in [3.63, 3.8) is 0 Å². The number of nitrogens with zero attached hydrogens (tertiary/aromatic N) is 3. The molecule has 166 valence electrons. The van der Waals surface area contributed by atoms with Crippen molar-refractivity contribution < 1.29 is 9.47 Å². The van der Waals surface area contributed by atoms with E-state index in [0.717, 1.165) is 59.8 Å². The van der Waals surface area contributed by atoms with Crippen LogP contribution in [0.25, 0.3) is 0 Å². The summed E-state index contributed by atoms with van der Waals surface area (Å²) in [6.45, 7) is 6.79. The molecule has 3 rings (SSSR count). The summed E-state index contributed by atoms with van der Waals surface area (Å²) >= 11 is 1.73. The maximum Gasteiger partial charge on any atom is 0.191 e. The van der Waals surface area contributed by atoms with Gasteiger partial charge in [-0.25, -0.2) is 4.98 Å². The molecule has 1 aromatic heterocycles. The fourth-order valence-electron chi connectivity index (χ4n) is 3.42. The first kappa shape index (κ1) is 24.5. The number of aromatic nitrogens is 1. The van der Waals surface area contributed by atoms with Crippen LogP contribution in [0.2, 0.25) is 0 Å². The van der Waals surface area contributed by atoms with Crippen LogP contribution < -0.4 is 25.0 Å². The van der Waals surface area contributed by atoms with Gasteiger partial charge in [0.25, 0.3) is 0 Å². The van der Waals surface area contributed by atoms with Gasteiger partial charge in [-0.3, -0.25) is 4.99 Å². The highest BCUT2D eigenvalue weighted by atomic mass is 127. The van der Waals surface area contributed by atoms with Crippen LogP contribution in [-0.2, 0) is 6.54 Å². The molecule has 0 radical (unpaired) electrons. The molecule has 7 nitrogen and oxygen atoms in total. The lowest BCUT2D eigenvalue weighted by molar-refractivity contribution is 0.393. The number of piperidine rings is 1. The molecule has 2 N–H and O–H groups in total. The second kappa shape index (κ2) is 11.6. The van der Waals surface area contributed by atoms with Crippen molar-refractivity contribution in [2.24, 2.45) is 4.99 Å². The molecule has 2 heterocycles. The van der Waals surface area contributed by atoms with Crippen LogP contribution in [0.1, 0.15) is 28.4 Å². The molecular weight excluding hydrogens is 513 g/mol. The number of aliphatic imine (C=N–C) groups is 1. The zero-order valence-electron chi connectivity index (χ0n) is 18.3. The smallest absolute Gasteiger partial charge is 0.191 e. The van der Waals surface area contributed by atoms with Gasteiger partial charge >= 0.3 is 0 Å². The topological polar surface area (TPSA) is 71.0 Å². The SMILES string of the molecule is CN=C(NCc1nc(C)c(C)s1)NC1CCN(c2cc(OC)cc(OC)c2)CC1.I. The van der Waals surface area contributed by atoms with Crippen molar-refractivity contribution in [1.82, 2.24) is 15.6 Å². The highest BCUT2D eigenvalue weighted by Crippen LogP contribution is 2.30. The van der Waals surface area contributed by atoms with Crippen molar-refractivity contribution in [3.8, 4) is 11.5 Å². The van der Waals surface area contributed by atoms with Gasteiger partial charge < -0.3 is 25.0 Å². The maximum atomic E-state index is 5.40. The van der Waals surface area contributed by atoms with Gasteiger partial charge in [-0.05, 0) is 26.7 Å². The molecule has 1 aliphatic heterocycles. The van der Waals surface area contributed by atoms with Crippen molar-refractivity contribution in [1.29, 1.82) is 0 Å². The molecule has 0 aliphatic carbocycles. The van der Waals surface area contributed by atoms with E-state index in [1.807, 2.05) is 20.0 Å². The molecule has 1 aromatic carbocycles. The summed E-state index contributed by atoms with van der Waals surface area (Å²) in [5.74, 6) is 2.46. The van der Waals surface area contributed by atoms with Crippen LogP contribution >= 0.6 is 35.3 Å². The van der Waals surface area contributed by atoms with Crippen molar-refractivity contribution in [2.45, 2.75) is 39.3 Å². The summed E-state index contributed by atoms with van der Waals surface area (Å²) in [5, 5.41) is 8.03. The van der Waals surface area contributed by atoms with Crippen LogP contribution in [0.15, 0.2) is 23.2 Å². The summed E-state index contributed by atoms with van der Waals surface area (Å²) < 4.78 is 10.8. The zero-order chi connectivity index (χ0) is 20.8. The van der Waals surface area contributed by atoms with Crippen LogP contribution in [0.4, 0.5) is 5.69 Å². The second-order valence-electron chi connectivity index (χ2n) is 7.15. The lowest BCUT2D eigenvalue weighted by Gasteiger charge is -2.34. The number of ether oxygens (including phenoxy) is 2. The Labute approximate surface area is 200 Å². The van der Waals surface area contributed by atoms with Crippen LogP contribution in [0, 0.1) is 13.8 Å². The first-order chi connectivity index (χ1) is 14.0. The predicted molar refractivity (Wildman–Crippen MR) is 135 cm³/mol. The number of hydrogen-bond acceptors (Lipinski definition) is 6. The standard InChI is InChI=1S/C21H31N5O2S.HI/c1-14-15(2)29-20(24-14)13-23-21(22-3)25-16-6-8-26(9-7-16)17-10-18(27-4)12-19(11-17)28-5;/h10-12,16H,6-9,13H2,1-5H3,(H2,22,23,25);1H. The Morgan fingerprint density at radius 3 is 2.30 bits per heavy atom. The number of hydrogen-bond donors (Lipinski definition) is 2. The molecule has 30 heavy (non-hydrogen) atoms. The minimum Gasteiger partial charge on any atom is -0.497 e. The highest BCUT2D eigenvalue weighted by Gasteiger charge is 2.21. The van der Waals surface area contributed by atoms with Crippen LogP contribution in [0.5, 0.6) is 11.5 Å². The molecule has 2 aromatic rings. The van der Waals surface area contributed by atoms with Gasteiger partial charge in [-0.2, -0.15) is 0 Å². The first-order valence-electron chi connectivity index (χ1n) is 9.90. The number of guanidine groups is 1. The van der Waals surface area contributed by atoms with E-state index in [-0.39, 0.29) is 24.0 Å². The normalized spacial score (nSPS) is 14.8. The molecule has 0 saturated carbocycles. The van der Waals surface area contributed by atoms with E-state index in [9.17, 15) is 0 Å². The summed E-state index contributed by atoms with van der Waals surface area (Å²) in [6.07, 6.45) is 2.07. The Balaban J connectivity index is 0.00000320. The number of methoxy groups -OCH3 is 2. The first-order valence-corrected chi connectivity index (χ1v) is 10.7. The number of anilines is 1. The third-order valence-electron chi connectivity index (χ3n) is 5.24. The van der Waals surface area contributed by atoms with Crippen molar-refractivity contribution in [3.05, 3.63) is 33.8 Å². The molecule has 1 saturated heterocycles. The minimum absolute atomic E-state index is 0. The number of rotatable bonds is 6. The Bertz CT molecular complexity index is 808. The maximum absolute atomic E-state index is 5.40. The molecule has 0 atom stereocenters. The van der Waals surface area contributed by atoms with Gasteiger partial charge in [0.15, 0.2) is 5.96 Å².